The van der Waals surface area contributed by atoms with Crippen molar-refractivity contribution < 1.29 is 0 Å². The minimum Gasteiger partial charge on any atom is -0.369 e. The fraction of sp³-hybridized carbons (Fsp3) is 0.250. The SMILES string of the molecule is Cc1cccc(CN(C)c2c(Cl)cccc2CN)c1. The molecule has 2 aromatic carbocycles. The van der Waals surface area contributed by atoms with E-state index in [0.717, 1.165) is 22.8 Å². The molecule has 0 amide bonds. The Morgan fingerprint density at radius 1 is 1.16 bits per heavy atom. The number of hydrogen-bond acceptors (Lipinski definition) is 2. The second kappa shape index (κ2) is 6.09. The monoisotopic (exact) mass is 274 g/mol. The third-order valence-electron chi connectivity index (χ3n) is 3.17. The van der Waals surface area contributed by atoms with E-state index in [2.05, 4.69) is 36.1 Å². The summed E-state index contributed by atoms with van der Waals surface area (Å²) in [6.45, 7) is 3.41. The molecule has 0 aliphatic heterocycles. The van der Waals surface area contributed by atoms with Crippen molar-refractivity contribution in [1.29, 1.82) is 0 Å². The molecular formula is C16H19ClN2. The lowest BCUT2D eigenvalue weighted by Gasteiger charge is -2.23. The van der Waals surface area contributed by atoms with E-state index in [0.29, 0.717) is 6.54 Å². The zero-order chi connectivity index (χ0) is 13.8. The molecule has 0 spiro atoms. The van der Waals surface area contributed by atoms with Crippen molar-refractivity contribution in [3.8, 4) is 0 Å². The van der Waals surface area contributed by atoms with Gasteiger partial charge in [0.25, 0.3) is 0 Å². The first-order valence-corrected chi connectivity index (χ1v) is 6.73. The van der Waals surface area contributed by atoms with Crippen molar-refractivity contribution in [2.45, 2.75) is 20.0 Å². The number of halogens is 1. The summed E-state index contributed by atoms with van der Waals surface area (Å²) in [7, 11) is 2.04. The molecule has 0 bridgehead atoms. The smallest absolute Gasteiger partial charge is 0.0642 e. The van der Waals surface area contributed by atoms with Gasteiger partial charge in [-0.15, -0.1) is 0 Å². The zero-order valence-corrected chi connectivity index (χ0v) is 12.1. The van der Waals surface area contributed by atoms with Gasteiger partial charge in [-0.05, 0) is 24.1 Å². The molecule has 0 aliphatic rings. The maximum Gasteiger partial charge on any atom is 0.0642 e. The van der Waals surface area contributed by atoms with Crippen LogP contribution >= 0.6 is 11.6 Å². The normalized spacial score (nSPS) is 10.5. The summed E-state index contributed by atoms with van der Waals surface area (Å²) in [4.78, 5) is 2.15. The Balaban J connectivity index is 2.27. The molecule has 2 aromatic rings. The third kappa shape index (κ3) is 3.28. The number of nitrogens with two attached hydrogens (primary N) is 1. The lowest BCUT2D eigenvalue weighted by molar-refractivity contribution is 0.903. The van der Waals surface area contributed by atoms with E-state index >= 15 is 0 Å². The molecule has 0 unspecified atom stereocenters. The van der Waals surface area contributed by atoms with Crippen molar-refractivity contribution in [3.63, 3.8) is 0 Å². The Hall–Kier alpha value is -1.51. The van der Waals surface area contributed by atoms with Crippen LogP contribution in [0.25, 0.3) is 0 Å². The third-order valence-corrected chi connectivity index (χ3v) is 3.48. The van der Waals surface area contributed by atoms with Gasteiger partial charge in [0.1, 0.15) is 0 Å². The molecule has 3 heteroatoms. The lowest BCUT2D eigenvalue weighted by Crippen LogP contribution is -2.19. The maximum absolute atomic E-state index is 6.30. The Bertz CT molecular complexity index is 566. The molecule has 2 N–H and O–H groups in total. The van der Waals surface area contributed by atoms with Crippen LogP contribution in [0, 0.1) is 6.92 Å². The highest BCUT2D eigenvalue weighted by molar-refractivity contribution is 6.33. The molecule has 0 saturated heterocycles. The molecule has 0 aliphatic carbocycles. The van der Waals surface area contributed by atoms with Gasteiger partial charge < -0.3 is 10.6 Å². The molecule has 0 radical (unpaired) electrons. The summed E-state index contributed by atoms with van der Waals surface area (Å²) in [5, 5.41) is 0.748. The van der Waals surface area contributed by atoms with Crippen LogP contribution in [0.4, 0.5) is 5.69 Å². The van der Waals surface area contributed by atoms with E-state index in [1.165, 1.54) is 11.1 Å². The van der Waals surface area contributed by atoms with E-state index in [1.807, 2.05) is 25.2 Å². The molecule has 19 heavy (non-hydrogen) atoms. The van der Waals surface area contributed by atoms with Crippen LogP contribution in [-0.2, 0) is 13.1 Å². The number of nitrogens with zero attached hydrogens (tertiary/aromatic N) is 1. The van der Waals surface area contributed by atoms with Crippen molar-refractivity contribution in [2.75, 3.05) is 11.9 Å². The second-order valence-corrected chi connectivity index (χ2v) is 5.20. The number of rotatable bonds is 4. The van der Waals surface area contributed by atoms with Crippen LogP contribution in [-0.4, -0.2) is 7.05 Å². The number of aryl methyl sites for hydroxylation is 1. The van der Waals surface area contributed by atoms with Gasteiger partial charge in [0.2, 0.25) is 0 Å². The molecule has 0 saturated carbocycles. The quantitative estimate of drug-likeness (QED) is 0.920. The predicted octanol–water partition coefficient (Wildman–Crippen LogP) is 3.74. The van der Waals surface area contributed by atoms with E-state index < -0.39 is 0 Å². The molecular weight excluding hydrogens is 256 g/mol. The first-order chi connectivity index (χ1) is 9.11. The highest BCUT2D eigenvalue weighted by Gasteiger charge is 2.11. The Morgan fingerprint density at radius 3 is 2.58 bits per heavy atom. The fourth-order valence-corrected chi connectivity index (χ4v) is 2.65. The van der Waals surface area contributed by atoms with Gasteiger partial charge in [-0.1, -0.05) is 53.6 Å². The summed E-state index contributed by atoms with van der Waals surface area (Å²) >= 11 is 6.30. The Kier molecular flexibility index (Phi) is 4.46. The minimum atomic E-state index is 0.494. The molecule has 2 rings (SSSR count). The minimum absolute atomic E-state index is 0.494. The van der Waals surface area contributed by atoms with Crippen molar-refractivity contribution >= 4 is 17.3 Å². The first kappa shape index (κ1) is 13.9. The van der Waals surface area contributed by atoms with Gasteiger partial charge in [-0.3, -0.25) is 0 Å². The first-order valence-electron chi connectivity index (χ1n) is 6.36. The van der Waals surface area contributed by atoms with Crippen molar-refractivity contribution in [2.24, 2.45) is 5.73 Å². The van der Waals surface area contributed by atoms with Gasteiger partial charge in [0.15, 0.2) is 0 Å². The van der Waals surface area contributed by atoms with Crippen molar-refractivity contribution in [1.82, 2.24) is 0 Å². The van der Waals surface area contributed by atoms with Crippen LogP contribution < -0.4 is 10.6 Å². The average Bonchev–Trinajstić information content (AvgIpc) is 2.38. The Labute approximate surface area is 119 Å². The van der Waals surface area contributed by atoms with Gasteiger partial charge in [-0.25, -0.2) is 0 Å². The maximum atomic E-state index is 6.30. The molecule has 2 nitrogen and oxygen atoms in total. The Morgan fingerprint density at radius 2 is 1.89 bits per heavy atom. The second-order valence-electron chi connectivity index (χ2n) is 4.80. The highest BCUT2D eigenvalue weighted by atomic mass is 35.5. The van der Waals surface area contributed by atoms with E-state index in [1.54, 1.807) is 0 Å². The lowest BCUT2D eigenvalue weighted by atomic mass is 10.1. The average molecular weight is 275 g/mol. The van der Waals surface area contributed by atoms with Gasteiger partial charge in [0.05, 0.1) is 10.7 Å². The summed E-state index contributed by atoms with van der Waals surface area (Å²) in [5.41, 5.74) is 10.4. The summed E-state index contributed by atoms with van der Waals surface area (Å²) in [6.07, 6.45) is 0. The summed E-state index contributed by atoms with van der Waals surface area (Å²) in [5.74, 6) is 0. The molecule has 100 valence electrons. The number of benzene rings is 2. The largest absolute Gasteiger partial charge is 0.369 e. The molecule has 0 atom stereocenters. The number of para-hydroxylation sites is 1. The van der Waals surface area contributed by atoms with Crippen LogP contribution in [0.1, 0.15) is 16.7 Å². The van der Waals surface area contributed by atoms with Gasteiger partial charge in [0, 0.05) is 20.1 Å². The van der Waals surface area contributed by atoms with E-state index in [9.17, 15) is 0 Å². The molecule has 0 fully saturated rings. The zero-order valence-electron chi connectivity index (χ0n) is 11.4. The summed E-state index contributed by atoms with van der Waals surface area (Å²) < 4.78 is 0. The van der Waals surface area contributed by atoms with E-state index in [-0.39, 0.29) is 0 Å². The fourth-order valence-electron chi connectivity index (χ4n) is 2.32. The molecule has 0 aromatic heterocycles. The van der Waals surface area contributed by atoms with Crippen LogP contribution in [0.5, 0.6) is 0 Å². The number of anilines is 1. The van der Waals surface area contributed by atoms with Crippen molar-refractivity contribution in [3.05, 3.63) is 64.2 Å². The standard InChI is InChI=1S/C16H19ClN2/c1-12-5-3-6-13(9-12)11-19(2)16-14(10-18)7-4-8-15(16)17/h3-9H,10-11,18H2,1-2H3. The molecule has 0 heterocycles. The van der Waals surface area contributed by atoms with Crippen LogP contribution in [0.15, 0.2) is 42.5 Å². The number of hydrogen-bond donors (Lipinski definition) is 1. The summed E-state index contributed by atoms with van der Waals surface area (Å²) in [6, 6.07) is 14.4. The predicted molar refractivity (Wildman–Crippen MR) is 82.6 cm³/mol. The van der Waals surface area contributed by atoms with Gasteiger partial charge >= 0.3 is 0 Å². The van der Waals surface area contributed by atoms with Crippen LogP contribution in [0.2, 0.25) is 5.02 Å². The topological polar surface area (TPSA) is 29.3 Å². The van der Waals surface area contributed by atoms with E-state index in [4.69, 9.17) is 17.3 Å². The van der Waals surface area contributed by atoms with Crippen LogP contribution in [0.3, 0.4) is 0 Å². The highest BCUT2D eigenvalue weighted by Crippen LogP contribution is 2.29. The van der Waals surface area contributed by atoms with Gasteiger partial charge in [-0.2, -0.15) is 0 Å².